The SMILES string of the molecule is CCOC(=O)Cn1cc(/C=C(\C#N)Sc2nc3ccccc3s2)c2ccccc21. The van der Waals surface area contributed by atoms with Gasteiger partial charge in [-0.15, -0.1) is 11.3 Å². The molecule has 2 aromatic heterocycles. The minimum atomic E-state index is -0.284. The average Bonchev–Trinajstić information content (AvgIpc) is 3.29. The van der Waals surface area contributed by atoms with E-state index in [1.807, 2.05) is 65.4 Å². The van der Waals surface area contributed by atoms with Crippen molar-refractivity contribution in [1.82, 2.24) is 9.55 Å². The molecule has 2 heterocycles. The average molecular weight is 420 g/mol. The highest BCUT2D eigenvalue weighted by molar-refractivity contribution is 8.05. The van der Waals surface area contributed by atoms with Crippen LogP contribution in [0.4, 0.5) is 0 Å². The molecule has 7 heteroatoms. The van der Waals surface area contributed by atoms with Crippen molar-refractivity contribution < 1.29 is 9.53 Å². The molecular formula is C22H17N3O2S2. The highest BCUT2D eigenvalue weighted by Crippen LogP contribution is 2.35. The lowest BCUT2D eigenvalue weighted by Crippen LogP contribution is -2.12. The number of esters is 1. The summed E-state index contributed by atoms with van der Waals surface area (Å²) in [5.74, 6) is -0.284. The quantitative estimate of drug-likeness (QED) is 0.235. The number of aromatic nitrogens is 2. The minimum Gasteiger partial charge on any atom is -0.465 e. The molecule has 0 aliphatic heterocycles. The lowest BCUT2D eigenvalue weighted by atomic mass is 10.1. The van der Waals surface area contributed by atoms with Crippen LogP contribution in [0.1, 0.15) is 12.5 Å². The van der Waals surface area contributed by atoms with E-state index in [1.165, 1.54) is 11.8 Å². The van der Waals surface area contributed by atoms with Crippen molar-refractivity contribution >= 4 is 56.3 Å². The number of ether oxygens (including phenoxy) is 1. The van der Waals surface area contributed by atoms with Gasteiger partial charge in [-0.2, -0.15) is 5.26 Å². The zero-order chi connectivity index (χ0) is 20.2. The van der Waals surface area contributed by atoms with Gasteiger partial charge >= 0.3 is 5.97 Å². The van der Waals surface area contributed by atoms with E-state index in [4.69, 9.17) is 4.74 Å². The number of allylic oxidation sites excluding steroid dienone is 1. The van der Waals surface area contributed by atoms with Crippen molar-refractivity contribution in [2.24, 2.45) is 0 Å². The zero-order valence-electron chi connectivity index (χ0n) is 15.7. The zero-order valence-corrected chi connectivity index (χ0v) is 17.3. The lowest BCUT2D eigenvalue weighted by Gasteiger charge is -2.04. The molecule has 5 nitrogen and oxygen atoms in total. The molecule has 0 radical (unpaired) electrons. The molecular weight excluding hydrogens is 402 g/mol. The number of hydrogen-bond acceptors (Lipinski definition) is 6. The summed E-state index contributed by atoms with van der Waals surface area (Å²) in [6.45, 7) is 2.27. The third kappa shape index (κ3) is 4.19. The number of nitriles is 1. The van der Waals surface area contributed by atoms with Crippen LogP contribution >= 0.6 is 23.1 Å². The van der Waals surface area contributed by atoms with Crippen LogP contribution in [0.25, 0.3) is 27.2 Å². The first-order chi connectivity index (χ1) is 14.2. The van der Waals surface area contributed by atoms with Gasteiger partial charge in [0.2, 0.25) is 0 Å². The highest BCUT2D eigenvalue weighted by atomic mass is 32.2. The Kier molecular flexibility index (Phi) is 5.65. The van der Waals surface area contributed by atoms with E-state index in [-0.39, 0.29) is 12.5 Å². The summed E-state index contributed by atoms with van der Waals surface area (Å²) >= 11 is 2.92. The predicted octanol–water partition coefficient (Wildman–Crippen LogP) is 5.47. The number of fused-ring (bicyclic) bond motifs is 2. The monoisotopic (exact) mass is 419 g/mol. The number of para-hydroxylation sites is 2. The molecule has 0 fully saturated rings. The van der Waals surface area contributed by atoms with Crippen LogP contribution in [-0.2, 0) is 16.1 Å². The van der Waals surface area contributed by atoms with Crippen LogP contribution < -0.4 is 0 Å². The van der Waals surface area contributed by atoms with Gasteiger partial charge in [-0.3, -0.25) is 4.79 Å². The molecule has 29 heavy (non-hydrogen) atoms. The van der Waals surface area contributed by atoms with E-state index < -0.39 is 0 Å². The molecule has 0 unspecified atom stereocenters. The Morgan fingerprint density at radius 2 is 2.07 bits per heavy atom. The second-order valence-electron chi connectivity index (χ2n) is 6.20. The van der Waals surface area contributed by atoms with Gasteiger partial charge in [-0.25, -0.2) is 4.98 Å². The first kappa shape index (κ1) is 19.2. The van der Waals surface area contributed by atoms with Crippen molar-refractivity contribution in [1.29, 1.82) is 5.26 Å². The molecule has 4 aromatic rings. The first-order valence-corrected chi connectivity index (χ1v) is 10.7. The van der Waals surface area contributed by atoms with Crippen LogP contribution in [-0.4, -0.2) is 22.1 Å². The van der Waals surface area contributed by atoms with E-state index in [0.29, 0.717) is 11.5 Å². The Labute approximate surface area is 176 Å². The summed E-state index contributed by atoms with van der Waals surface area (Å²) < 4.78 is 8.86. The van der Waals surface area contributed by atoms with Gasteiger partial charge in [0.1, 0.15) is 12.6 Å². The summed E-state index contributed by atoms with van der Waals surface area (Å²) in [6.07, 6.45) is 3.73. The number of benzene rings is 2. The van der Waals surface area contributed by atoms with Gasteiger partial charge in [0.05, 0.1) is 21.7 Å². The Morgan fingerprint density at radius 3 is 2.86 bits per heavy atom. The normalized spacial score (nSPS) is 11.7. The molecule has 0 aliphatic carbocycles. The second kappa shape index (κ2) is 8.52. The molecule has 0 N–H and O–H groups in total. The fraction of sp³-hybridized carbons (Fsp3) is 0.136. The van der Waals surface area contributed by atoms with E-state index in [2.05, 4.69) is 11.1 Å². The molecule has 0 spiro atoms. The molecule has 0 bridgehead atoms. The third-order valence-electron chi connectivity index (χ3n) is 4.29. The third-order valence-corrected chi connectivity index (χ3v) is 6.32. The van der Waals surface area contributed by atoms with E-state index >= 15 is 0 Å². The van der Waals surface area contributed by atoms with Crippen molar-refractivity contribution in [2.75, 3.05) is 6.61 Å². The van der Waals surface area contributed by atoms with Crippen LogP contribution in [0.15, 0.2) is 64.0 Å². The van der Waals surface area contributed by atoms with Gasteiger partial charge < -0.3 is 9.30 Å². The fourth-order valence-corrected chi connectivity index (χ4v) is 5.05. The summed E-state index contributed by atoms with van der Waals surface area (Å²) in [5, 5.41) is 10.7. The number of thioether (sulfide) groups is 1. The van der Waals surface area contributed by atoms with Gasteiger partial charge in [0, 0.05) is 22.7 Å². The van der Waals surface area contributed by atoms with Crippen LogP contribution in [0, 0.1) is 11.3 Å². The summed E-state index contributed by atoms with van der Waals surface area (Å²) in [5.41, 5.74) is 2.74. The number of thiazole rings is 1. The topological polar surface area (TPSA) is 67.9 Å². The number of rotatable bonds is 6. The standard InChI is InChI=1S/C22H17N3O2S2/c1-2-27-21(26)14-25-13-15(17-7-3-5-9-19(17)25)11-16(12-23)28-22-24-18-8-4-6-10-20(18)29-22/h3-11,13H,2,14H2,1H3/b16-11+. The molecule has 2 aromatic carbocycles. The molecule has 4 rings (SSSR count). The van der Waals surface area contributed by atoms with Gasteiger partial charge in [-0.1, -0.05) is 30.3 Å². The Morgan fingerprint density at radius 1 is 1.28 bits per heavy atom. The largest absolute Gasteiger partial charge is 0.465 e. The van der Waals surface area contributed by atoms with Crippen LogP contribution in [0.5, 0.6) is 0 Å². The predicted molar refractivity (Wildman–Crippen MR) is 118 cm³/mol. The van der Waals surface area contributed by atoms with Gasteiger partial charge in [-0.05, 0) is 43.0 Å². The van der Waals surface area contributed by atoms with Crippen LogP contribution in [0.3, 0.4) is 0 Å². The smallest absolute Gasteiger partial charge is 0.325 e. The molecule has 0 aliphatic rings. The van der Waals surface area contributed by atoms with Crippen molar-refractivity contribution in [2.45, 2.75) is 17.8 Å². The number of nitrogens with zero attached hydrogens (tertiary/aromatic N) is 3. The van der Waals surface area contributed by atoms with E-state index in [1.54, 1.807) is 18.3 Å². The number of carbonyl (C=O) groups is 1. The van der Waals surface area contributed by atoms with Crippen LogP contribution in [0.2, 0.25) is 0 Å². The molecule has 144 valence electrons. The maximum Gasteiger partial charge on any atom is 0.325 e. The van der Waals surface area contributed by atoms with Crippen molar-refractivity contribution in [3.8, 4) is 6.07 Å². The van der Waals surface area contributed by atoms with Crippen molar-refractivity contribution in [3.05, 3.63) is 65.2 Å². The fourth-order valence-electron chi connectivity index (χ4n) is 3.08. The summed E-state index contributed by atoms with van der Waals surface area (Å²) in [6, 6.07) is 18.0. The Hall–Kier alpha value is -3.08. The Balaban J connectivity index is 1.68. The number of carbonyl (C=O) groups excluding carboxylic acids is 1. The Bertz CT molecular complexity index is 1230. The molecule has 0 saturated heterocycles. The summed E-state index contributed by atoms with van der Waals surface area (Å²) in [7, 11) is 0. The molecule has 0 amide bonds. The highest BCUT2D eigenvalue weighted by Gasteiger charge is 2.12. The van der Waals surface area contributed by atoms with Gasteiger partial charge in [0.25, 0.3) is 0 Å². The maximum atomic E-state index is 11.9. The number of hydrogen-bond donors (Lipinski definition) is 0. The van der Waals surface area contributed by atoms with Gasteiger partial charge in [0.15, 0.2) is 4.34 Å². The van der Waals surface area contributed by atoms with Crippen molar-refractivity contribution in [3.63, 3.8) is 0 Å². The molecule has 0 saturated carbocycles. The lowest BCUT2D eigenvalue weighted by molar-refractivity contribution is -0.143. The minimum absolute atomic E-state index is 0.134. The first-order valence-electron chi connectivity index (χ1n) is 9.06. The molecule has 0 atom stereocenters. The van der Waals surface area contributed by atoms with E-state index in [9.17, 15) is 10.1 Å². The second-order valence-corrected chi connectivity index (χ2v) is 8.52. The van der Waals surface area contributed by atoms with E-state index in [0.717, 1.165) is 31.0 Å². The maximum absolute atomic E-state index is 11.9. The summed E-state index contributed by atoms with van der Waals surface area (Å²) in [4.78, 5) is 17.1.